The lowest BCUT2D eigenvalue weighted by atomic mass is 9.99. The van der Waals surface area contributed by atoms with Crippen LogP contribution in [0.15, 0.2) is 48.7 Å². The van der Waals surface area contributed by atoms with Crippen LogP contribution in [0.2, 0.25) is 5.02 Å². The van der Waals surface area contributed by atoms with Gasteiger partial charge < -0.3 is 10.2 Å². The lowest BCUT2D eigenvalue weighted by molar-refractivity contribution is 0.0694. The molecule has 0 bridgehead atoms. The van der Waals surface area contributed by atoms with Crippen LogP contribution in [-0.2, 0) is 0 Å². The first-order valence-electron chi connectivity index (χ1n) is 6.17. The predicted octanol–water partition coefficient (Wildman–Crippen LogP) is 3.96. The van der Waals surface area contributed by atoms with Crippen LogP contribution in [0.3, 0.4) is 0 Å². The molecule has 0 saturated carbocycles. The SMILES string of the molecule is O=C(O)c1ccc(-c2ccnc3cc(Cl)ccc23)cc1O. The smallest absolute Gasteiger partial charge is 0.339 e. The highest BCUT2D eigenvalue weighted by Crippen LogP contribution is 2.32. The number of fused-ring (bicyclic) bond motifs is 1. The molecule has 0 spiro atoms. The molecule has 0 aliphatic rings. The van der Waals surface area contributed by atoms with Crippen molar-refractivity contribution >= 4 is 28.5 Å². The number of aromatic nitrogens is 1. The van der Waals surface area contributed by atoms with Gasteiger partial charge in [-0.25, -0.2) is 4.79 Å². The Morgan fingerprint density at radius 2 is 1.90 bits per heavy atom. The maximum absolute atomic E-state index is 10.9. The molecule has 5 heteroatoms. The lowest BCUT2D eigenvalue weighted by Gasteiger charge is -2.08. The van der Waals surface area contributed by atoms with Crippen LogP contribution in [0.1, 0.15) is 10.4 Å². The normalized spacial score (nSPS) is 10.7. The Morgan fingerprint density at radius 3 is 2.62 bits per heavy atom. The molecule has 21 heavy (non-hydrogen) atoms. The number of benzene rings is 2. The Bertz CT molecular complexity index is 861. The quantitative estimate of drug-likeness (QED) is 0.751. The number of carboxylic acids is 1. The lowest BCUT2D eigenvalue weighted by Crippen LogP contribution is -1.96. The molecule has 2 N–H and O–H groups in total. The van der Waals surface area contributed by atoms with Crippen LogP contribution < -0.4 is 0 Å². The third-order valence-electron chi connectivity index (χ3n) is 3.24. The van der Waals surface area contributed by atoms with Crippen molar-refractivity contribution < 1.29 is 15.0 Å². The Balaban J connectivity index is 2.21. The molecule has 1 heterocycles. The number of hydrogen-bond acceptors (Lipinski definition) is 3. The molecule has 0 amide bonds. The van der Waals surface area contributed by atoms with Gasteiger partial charge in [0, 0.05) is 16.6 Å². The molecule has 0 aliphatic heterocycles. The van der Waals surface area contributed by atoms with Crippen molar-refractivity contribution in [1.82, 2.24) is 4.98 Å². The van der Waals surface area contributed by atoms with Crippen molar-refractivity contribution in [1.29, 1.82) is 0 Å². The summed E-state index contributed by atoms with van der Waals surface area (Å²) in [6, 6.07) is 11.7. The summed E-state index contributed by atoms with van der Waals surface area (Å²) in [5, 5.41) is 20.2. The first kappa shape index (κ1) is 13.4. The monoisotopic (exact) mass is 299 g/mol. The van der Waals surface area contributed by atoms with Gasteiger partial charge in [0.25, 0.3) is 0 Å². The fraction of sp³-hybridized carbons (Fsp3) is 0. The van der Waals surface area contributed by atoms with Crippen LogP contribution in [0, 0.1) is 0 Å². The minimum atomic E-state index is -1.16. The number of hydrogen-bond donors (Lipinski definition) is 2. The van der Waals surface area contributed by atoms with Crippen LogP contribution in [0.4, 0.5) is 0 Å². The summed E-state index contributed by atoms with van der Waals surface area (Å²) in [4.78, 5) is 15.2. The van der Waals surface area contributed by atoms with E-state index in [0.717, 1.165) is 16.5 Å². The van der Waals surface area contributed by atoms with Crippen LogP contribution in [0.25, 0.3) is 22.0 Å². The number of phenols is 1. The van der Waals surface area contributed by atoms with Gasteiger partial charge in [-0.2, -0.15) is 0 Å². The van der Waals surface area contributed by atoms with Crippen molar-refractivity contribution in [3.8, 4) is 16.9 Å². The Kier molecular flexibility index (Phi) is 3.23. The summed E-state index contributed by atoms with van der Waals surface area (Å²) >= 11 is 5.95. The maximum Gasteiger partial charge on any atom is 0.339 e. The Labute approximate surface area is 125 Å². The second kappa shape index (κ2) is 5.07. The van der Waals surface area contributed by atoms with E-state index in [-0.39, 0.29) is 11.3 Å². The molecule has 1 aromatic heterocycles. The number of aromatic carboxylic acids is 1. The molecule has 0 saturated heterocycles. The molecule has 3 aromatic rings. The average molecular weight is 300 g/mol. The molecule has 2 aromatic carbocycles. The minimum Gasteiger partial charge on any atom is -0.507 e. The first-order chi connectivity index (χ1) is 10.1. The third-order valence-corrected chi connectivity index (χ3v) is 3.48. The summed E-state index contributed by atoms with van der Waals surface area (Å²) in [5.74, 6) is -1.43. The van der Waals surface area contributed by atoms with Gasteiger partial charge in [-0.3, -0.25) is 4.98 Å². The molecule has 4 nitrogen and oxygen atoms in total. The van der Waals surface area contributed by atoms with Gasteiger partial charge in [-0.1, -0.05) is 23.7 Å². The highest BCUT2D eigenvalue weighted by molar-refractivity contribution is 6.31. The van der Waals surface area contributed by atoms with Gasteiger partial charge in [0.15, 0.2) is 0 Å². The number of pyridine rings is 1. The second-order valence-electron chi connectivity index (χ2n) is 4.56. The van der Waals surface area contributed by atoms with Crippen LogP contribution in [0.5, 0.6) is 5.75 Å². The third kappa shape index (κ3) is 2.41. The molecular formula is C16H10ClNO3. The van der Waals surface area contributed by atoms with E-state index >= 15 is 0 Å². The zero-order valence-electron chi connectivity index (χ0n) is 10.7. The van der Waals surface area contributed by atoms with E-state index in [9.17, 15) is 9.90 Å². The number of halogens is 1. The fourth-order valence-electron chi connectivity index (χ4n) is 2.25. The maximum atomic E-state index is 10.9. The van der Waals surface area contributed by atoms with E-state index < -0.39 is 5.97 Å². The van der Waals surface area contributed by atoms with Gasteiger partial charge in [0.1, 0.15) is 11.3 Å². The Hall–Kier alpha value is -2.59. The zero-order chi connectivity index (χ0) is 15.0. The van der Waals surface area contributed by atoms with E-state index in [0.29, 0.717) is 10.6 Å². The highest BCUT2D eigenvalue weighted by Gasteiger charge is 2.12. The number of rotatable bonds is 2. The topological polar surface area (TPSA) is 70.4 Å². The molecular weight excluding hydrogens is 290 g/mol. The first-order valence-corrected chi connectivity index (χ1v) is 6.55. The van der Waals surface area contributed by atoms with Gasteiger partial charge in [-0.05, 0) is 41.5 Å². The highest BCUT2D eigenvalue weighted by atomic mass is 35.5. The molecule has 0 atom stereocenters. The Morgan fingerprint density at radius 1 is 1.10 bits per heavy atom. The largest absolute Gasteiger partial charge is 0.507 e. The number of carbonyl (C=O) groups is 1. The summed E-state index contributed by atoms with van der Waals surface area (Å²) in [5.41, 5.74) is 2.18. The summed E-state index contributed by atoms with van der Waals surface area (Å²) < 4.78 is 0. The summed E-state index contributed by atoms with van der Waals surface area (Å²) in [7, 11) is 0. The predicted molar refractivity (Wildman–Crippen MR) is 80.8 cm³/mol. The standard InChI is InChI=1S/C16H10ClNO3/c17-10-2-4-12-11(5-6-18-14(12)8-10)9-1-3-13(16(20)21)15(19)7-9/h1-8,19H,(H,20,21). The molecule has 0 aliphatic carbocycles. The number of aromatic hydroxyl groups is 1. The summed E-state index contributed by atoms with van der Waals surface area (Å²) in [6.07, 6.45) is 1.65. The van der Waals surface area contributed by atoms with Gasteiger partial charge in [0.05, 0.1) is 5.52 Å². The van der Waals surface area contributed by atoms with Crippen LogP contribution >= 0.6 is 11.6 Å². The van der Waals surface area contributed by atoms with E-state index in [2.05, 4.69) is 4.98 Å². The van der Waals surface area contributed by atoms with Crippen molar-refractivity contribution in [3.05, 3.63) is 59.2 Å². The summed E-state index contributed by atoms with van der Waals surface area (Å²) in [6.45, 7) is 0. The van der Waals surface area contributed by atoms with E-state index in [1.165, 1.54) is 12.1 Å². The van der Waals surface area contributed by atoms with Gasteiger partial charge in [-0.15, -0.1) is 0 Å². The van der Waals surface area contributed by atoms with Crippen molar-refractivity contribution in [2.24, 2.45) is 0 Å². The second-order valence-corrected chi connectivity index (χ2v) is 4.99. The average Bonchev–Trinajstić information content (AvgIpc) is 2.45. The molecule has 0 unspecified atom stereocenters. The number of carboxylic acid groups (broad SMARTS) is 1. The van der Waals surface area contributed by atoms with Crippen molar-refractivity contribution in [2.45, 2.75) is 0 Å². The van der Waals surface area contributed by atoms with E-state index in [1.54, 1.807) is 24.4 Å². The fourth-order valence-corrected chi connectivity index (χ4v) is 2.42. The van der Waals surface area contributed by atoms with E-state index in [4.69, 9.17) is 16.7 Å². The van der Waals surface area contributed by atoms with Gasteiger partial charge in [0.2, 0.25) is 0 Å². The van der Waals surface area contributed by atoms with Crippen molar-refractivity contribution in [2.75, 3.05) is 0 Å². The van der Waals surface area contributed by atoms with E-state index in [1.807, 2.05) is 12.1 Å². The zero-order valence-corrected chi connectivity index (χ0v) is 11.5. The van der Waals surface area contributed by atoms with Crippen LogP contribution in [-0.4, -0.2) is 21.2 Å². The molecule has 0 fully saturated rings. The minimum absolute atomic E-state index is 0.125. The van der Waals surface area contributed by atoms with Gasteiger partial charge >= 0.3 is 5.97 Å². The molecule has 104 valence electrons. The molecule has 3 rings (SSSR count). The van der Waals surface area contributed by atoms with Crippen molar-refractivity contribution in [3.63, 3.8) is 0 Å². The number of nitrogens with zero attached hydrogens (tertiary/aromatic N) is 1. The molecule has 0 radical (unpaired) electrons.